The molecule has 1 aromatic rings. The van der Waals surface area contributed by atoms with Gasteiger partial charge in [0.15, 0.2) is 0 Å². The summed E-state index contributed by atoms with van der Waals surface area (Å²) < 4.78 is 1.57. The molecule has 2 N–H and O–H groups in total. The summed E-state index contributed by atoms with van der Waals surface area (Å²) in [6.45, 7) is 5.20. The van der Waals surface area contributed by atoms with E-state index in [0.29, 0.717) is 6.54 Å². The van der Waals surface area contributed by atoms with Crippen LogP contribution in [0.2, 0.25) is 0 Å². The van der Waals surface area contributed by atoms with Gasteiger partial charge in [0, 0.05) is 29.7 Å². The minimum Gasteiger partial charge on any atom is -0.337 e. The smallest absolute Gasteiger partial charge is 0.308 e. The fraction of sp³-hybridized carbons (Fsp3) is 0.692. The summed E-state index contributed by atoms with van der Waals surface area (Å²) in [5.74, 6) is 0.0122. The molecule has 1 saturated heterocycles. The van der Waals surface area contributed by atoms with Crippen molar-refractivity contribution in [2.45, 2.75) is 45.7 Å². The van der Waals surface area contributed by atoms with Crippen LogP contribution in [0.5, 0.6) is 0 Å². The van der Waals surface area contributed by atoms with Crippen molar-refractivity contribution in [2.24, 2.45) is 5.73 Å². The van der Waals surface area contributed by atoms with Crippen LogP contribution in [0.1, 0.15) is 29.8 Å². The summed E-state index contributed by atoms with van der Waals surface area (Å²) in [7, 11) is 0. The lowest BCUT2D eigenvalue weighted by Gasteiger charge is -2.35. The molecule has 0 aliphatic carbocycles. The molecule has 0 aromatic carbocycles. The Labute approximate surface area is 129 Å². The topological polar surface area (TPSA) is 68.3 Å². The number of carbonyl (C=O) groups is 1. The average molecular weight is 320 g/mol. The fourth-order valence-corrected chi connectivity index (χ4v) is 3.40. The highest BCUT2D eigenvalue weighted by Gasteiger charge is 2.26. The van der Waals surface area contributed by atoms with Crippen molar-refractivity contribution in [3.8, 4) is 0 Å². The number of aryl methyl sites for hydroxylation is 1. The predicted molar refractivity (Wildman–Crippen MR) is 83.7 cm³/mol. The van der Waals surface area contributed by atoms with E-state index in [0.717, 1.165) is 36.4 Å². The van der Waals surface area contributed by atoms with E-state index in [4.69, 9.17) is 5.73 Å². The third kappa shape index (κ3) is 3.42. The lowest BCUT2D eigenvalue weighted by molar-refractivity contribution is -0.135. The number of likely N-dealkylation sites (tertiary alicyclic amines) is 1. The molecule has 5 nitrogen and oxygen atoms in total. The number of nitrogens with two attached hydrogens (primary N) is 1. The first-order valence-corrected chi connectivity index (χ1v) is 7.52. The number of halogens is 1. The van der Waals surface area contributed by atoms with Crippen LogP contribution < -0.4 is 10.6 Å². The summed E-state index contributed by atoms with van der Waals surface area (Å²) in [5.41, 5.74) is 6.62. The van der Waals surface area contributed by atoms with Gasteiger partial charge < -0.3 is 10.6 Å². The molecule has 2 heterocycles. The van der Waals surface area contributed by atoms with Crippen LogP contribution in [-0.4, -0.2) is 34.5 Å². The Morgan fingerprint density at radius 1 is 1.40 bits per heavy atom. The van der Waals surface area contributed by atoms with Crippen LogP contribution in [0.15, 0.2) is 4.79 Å². The van der Waals surface area contributed by atoms with Crippen molar-refractivity contribution in [1.82, 2.24) is 9.47 Å². The predicted octanol–water partition coefficient (Wildman–Crippen LogP) is 1.29. The molecule has 0 saturated carbocycles. The Morgan fingerprint density at radius 3 is 2.65 bits per heavy atom. The fourth-order valence-electron chi connectivity index (χ4n) is 2.57. The van der Waals surface area contributed by atoms with Gasteiger partial charge in [0.2, 0.25) is 5.91 Å². The molecule has 7 heteroatoms. The molecular formula is C13H22ClN3O2S. The van der Waals surface area contributed by atoms with Crippen molar-refractivity contribution in [2.75, 3.05) is 13.1 Å². The molecule has 2 rings (SSSR count). The first-order chi connectivity index (χ1) is 9.04. The standard InChI is InChI=1S/C13H21N3O2S.ClH/c1-9-10(2)19-13(18)16(9)8-12(17)15-6-4-3-5-11(15)7-14;/h11H,3-8,14H2,1-2H3;1H. The average Bonchev–Trinajstić information content (AvgIpc) is 2.65. The molecule has 0 bridgehead atoms. The third-order valence-corrected chi connectivity index (χ3v) is 4.88. The molecule has 1 aliphatic rings. The van der Waals surface area contributed by atoms with E-state index in [1.807, 2.05) is 18.7 Å². The van der Waals surface area contributed by atoms with E-state index in [-0.39, 0.29) is 35.8 Å². The van der Waals surface area contributed by atoms with Crippen LogP contribution in [0.25, 0.3) is 0 Å². The third-order valence-electron chi connectivity index (χ3n) is 3.89. The zero-order chi connectivity index (χ0) is 14.0. The first-order valence-electron chi connectivity index (χ1n) is 6.71. The van der Waals surface area contributed by atoms with Gasteiger partial charge >= 0.3 is 4.87 Å². The van der Waals surface area contributed by atoms with Crippen LogP contribution >= 0.6 is 23.7 Å². The van der Waals surface area contributed by atoms with Crippen LogP contribution in [-0.2, 0) is 11.3 Å². The van der Waals surface area contributed by atoms with Crippen LogP contribution in [0.4, 0.5) is 0 Å². The normalized spacial score (nSPS) is 18.8. The quantitative estimate of drug-likeness (QED) is 0.912. The first kappa shape index (κ1) is 17.2. The van der Waals surface area contributed by atoms with E-state index >= 15 is 0 Å². The number of nitrogens with zero attached hydrogens (tertiary/aromatic N) is 2. The SMILES string of the molecule is Cc1sc(=O)n(CC(=O)N2CCCCC2CN)c1C.Cl. The zero-order valence-corrected chi connectivity index (χ0v) is 13.6. The molecular weight excluding hydrogens is 298 g/mol. The second kappa shape index (κ2) is 7.24. The van der Waals surface area contributed by atoms with Gasteiger partial charge in [-0.15, -0.1) is 12.4 Å². The maximum atomic E-state index is 12.4. The molecule has 1 amide bonds. The zero-order valence-electron chi connectivity index (χ0n) is 11.9. The minimum absolute atomic E-state index is 0. The number of amides is 1. The van der Waals surface area contributed by atoms with Crippen molar-refractivity contribution in [3.05, 3.63) is 20.2 Å². The van der Waals surface area contributed by atoms with Gasteiger partial charge in [-0.2, -0.15) is 0 Å². The molecule has 114 valence electrons. The highest BCUT2D eigenvalue weighted by molar-refractivity contribution is 7.09. The second-order valence-electron chi connectivity index (χ2n) is 5.07. The Bertz CT molecular complexity index is 526. The van der Waals surface area contributed by atoms with Gasteiger partial charge in [-0.1, -0.05) is 11.3 Å². The van der Waals surface area contributed by atoms with Crippen molar-refractivity contribution < 1.29 is 4.79 Å². The van der Waals surface area contributed by atoms with Crippen molar-refractivity contribution in [1.29, 1.82) is 0 Å². The maximum Gasteiger partial charge on any atom is 0.308 e. The molecule has 0 spiro atoms. The van der Waals surface area contributed by atoms with Gasteiger partial charge in [-0.05, 0) is 33.1 Å². The number of hydrogen-bond donors (Lipinski definition) is 1. The lowest BCUT2D eigenvalue weighted by Crippen LogP contribution is -2.49. The molecule has 1 aromatic heterocycles. The summed E-state index contributed by atoms with van der Waals surface area (Å²) in [6, 6.07) is 0.136. The summed E-state index contributed by atoms with van der Waals surface area (Å²) in [6.07, 6.45) is 3.12. The molecule has 1 aliphatic heterocycles. The lowest BCUT2D eigenvalue weighted by atomic mass is 10.0. The summed E-state index contributed by atoms with van der Waals surface area (Å²) in [5, 5.41) is 0. The second-order valence-corrected chi connectivity index (χ2v) is 6.23. The molecule has 1 atom stereocenters. The minimum atomic E-state index is -0.0512. The van der Waals surface area contributed by atoms with E-state index in [1.165, 1.54) is 11.3 Å². The van der Waals surface area contributed by atoms with Crippen molar-refractivity contribution in [3.63, 3.8) is 0 Å². The number of carbonyl (C=O) groups excluding carboxylic acids is 1. The summed E-state index contributed by atoms with van der Waals surface area (Å²) in [4.78, 5) is 27.0. The Morgan fingerprint density at radius 2 is 2.10 bits per heavy atom. The number of rotatable bonds is 3. The van der Waals surface area contributed by atoms with Gasteiger partial charge in [-0.25, -0.2) is 0 Å². The number of thiazole rings is 1. The Balaban J connectivity index is 0.00000200. The summed E-state index contributed by atoms with van der Waals surface area (Å²) >= 11 is 1.20. The monoisotopic (exact) mass is 319 g/mol. The van der Waals surface area contributed by atoms with Gasteiger partial charge in [-0.3, -0.25) is 14.2 Å². The highest BCUT2D eigenvalue weighted by atomic mass is 35.5. The molecule has 1 fully saturated rings. The Kier molecular flexibility index (Phi) is 6.23. The largest absolute Gasteiger partial charge is 0.337 e. The highest BCUT2D eigenvalue weighted by Crippen LogP contribution is 2.17. The van der Waals surface area contributed by atoms with Crippen LogP contribution in [0.3, 0.4) is 0 Å². The molecule has 0 radical (unpaired) electrons. The van der Waals surface area contributed by atoms with E-state index in [2.05, 4.69) is 0 Å². The number of aromatic nitrogens is 1. The number of piperidine rings is 1. The molecule has 20 heavy (non-hydrogen) atoms. The maximum absolute atomic E-state index is 12.4. The number of hydrogen-bond acceptors (Lipinski definition) is 4. The van der Waals surface area contributed by atoms with E-state index in [9.17, 15) is 9.59 Å². The van der Waals surface area contributed by atoms with Gasteiger partial charge in [0.25, 0.3) is 0 Å². The molecule has 1 unspecified atom stereocenters. The van der Waals surface area contributed by atoms with Gasteiger partial charge in [0.1, 0.15) is 6.54 Å². The van der Waals surface area contributed by atoms with Crippen molar-refractivity contribution >= 4 is 29.7 Å². The van der Waals surface area contributed by atoms with Crippen LogP contribution in [0, 0.1) is 13.8 Å². The van der Waals surface area contributed by atoms with E-state index < -0.39 is 0 Å². The van der Waals surface area contributed by atoms with Gasteiger partial charge in [0.05, 0.1) is 0 Å². The Hall–Kier alpha value is -0.850. The van der Waals surface area contributed by atoms with E-state index in [1.54, 1.807) is 4.57 Å².